The molecule has 2 aromatic carbocycles. The van der Waals surface area contributed by atoms with Gasteiger partial charge in [-0.2, -0.15) is 0 Å². The van der Waals surface area contributed by atoms with E-state index < -0.39 is 0 Å². The van der Waals surface area contributed by atoms with E-state index in [0.29, 0.717) is 12.2 Å². The third kappa shape index (κ3) is 11.8. The van der Waals surface area contributed by atoms with Crippen molar-refractivity contribution in [1.29, 1.82) is 0 Å². The smallest absolute Gasteiger partial charge is 0.338 e. The summed E-state index contributed by atoms with van der Waals surface area (Å²) in [6.45, 7) is 3.58. The van der Waals surface area contributed by atoms with E-state index in [0.717, 1.165) is 19.4 Å². The molecule has 0 saturated heterocycles. The molecule has 0 bridgehead atoms. The number of aromatic nitrogens is 1. The summed E-state index contributed by atoms with van der Waals surface area (Å²) in [6, 6.07) is 18.3. The quantitative estimate of drug-likeness (QED) is 0.0850. The number of unbranched alkanes of at least 4 members (excludes halogenated alkanes) is 15. The van der Waals surface area contributed by atoms with Gasteiger partial charge in [-0.1, -0.05) is 134 Å². The molecule has 38 heavy (non-hydrogen) atoms. The summed E-state index contributed by atoms with van der Waals surface area (Å²) in [5.74, 6) is -0.212. The van der Waals surface area contributed by atoms with Crippen LogP contribution in [-0.4, -0.2) is 12.6 Å². The number of esters is 1. The Balaban J connectivity index is 1.17. The van der Waals surface area contributed by atoms with Crippen LogP contribution in [0.4, 0.5) is 0 Å². The molecular formula is C35H50NO2+. The SMILES string of the molecule is CCCCCCCCCCCCCCCCCCOC(=O)c1ccc(C[n+]2ccc3ccccc3c2)cc1. The Bertz CT molecular complexity index is 1040. The molecule has 1 aromatic heterocycles. The molecule has 0 saturated carbocycles. The van der Waals surface area contributed by atoms with Crippen molar-refractivity contribution in [3.63, 3.8) is 0 Å². The van der Waals surface area contributed by atoms with Gasteiger partial charge < -0.3 is 4.74 Å². The lowest BCUT2D eigenvalue weighted by atomic mass is 10.0. The lowest BCUT2D eigenvalue weighted by Gasteiger charge is -2.06. The molecule has 3 aromatic rings. The highest BCUT2D eigenvalue weighted by atomic mass is 16.5. The maximum Gasteiger partial charge on any atom is 0.338 e. The number of pyridine rings is 1. The van der Waals surface area contributed by atoms with Crippen molar-refractivity contribution >= 4 is 16.7 Å². The van der Waals surface area contributed by atoms with Crippen molar-refractivity contribution < 1.29 is 14.1 Å². The first-order valence-electron chi connectivity index (χ1n) is 15.4. The average molecular weight is 517 g/mol. The Kier molecular flexibility index (Phi) is 14.6. The molecule has 1 heterocycles. The van der Waals surface area contributed by atoms with E-state index in [1.807, 2.05) is 24.3 Å². The first-order chi connectivity index (χ1) is 18.8. The molecule has 0 amide bonds. The number of ether oxygens (including phenoxy) is 1. The Morgan fingerprint density at radius 1 is 0.632 bits per heavy atom. The molecule has 3 nitrogen and oxygen atoms in total. The fourth-order valence-corrected chi connectivity index (χ4v) is 5.13. The largest absolute Gasteiger partial charge is 0.462 e. The van der Waals surface area contributed by atoms with Gasteiger partial charge in [-0.05, 0) is 30.0 Å². The predicted octanol–water partition coefficient (Wildman–Crippen LogP) is 9.59. The number of rotatable bonds is 20. The fourth-order valence-electron chi connectivity index (χ4n) is 5.13. The summed E-state index contributed by atoms with van der Waals surface area (Å²) in [5, 5.41) is 2.47. The Hall–Kier alpha value is -2.68. The van der Waals surface area contributed by atoms with Crippen molar-refractivity contribution in [3.05, 3.63) is 78.1 Å². The maximum atomic E-state index is 12.4. The van der Waals surface area contributed by atoms with Crippen molar-refractivity contribution in [2.75, 3.05) is 6.61 Å². The number of hydrogen-bond donors (Lipinski definition) is 0. The highest BCUT2D eigenvalue weighted by molar-refractivity contribution is 5.89. The van der Waals surface area contributed by atoms with Crippen molar-refractivity contribution in [3.8, 4) is 0 Å². The van der Waals surface area contributed by atoms with E-state index in [1.165, 1.54) is 106 Å². The van der Waals surface area contributed by atoms with Crippen LogP contribution >= 0.6 is 0 Å². The van der Waals surface area contributed by atoms with Gasteiger partial charge in [-0.25, -0.2) is 9.36 Å². The molecule has 0 aliphatic heterocycles. The van der Waals surface area contributed by atoms with Gasteiger partial charge in [0.1, 0.15) is 0 Å². The topological polar surface area (TPSA) is 30.2 Å². The van der Waals surface area contributed by atoms with Gasteiger partial charge in [0.05, 0.1) is 12.2 Å². The standard InChI is InChI=1S/C35H50NO2/c1-2-3-4-5-6-7-8-9-10-11-12-13-14-15-16-19-28-38-35(37)33-24-22-31(23-25-33)29-36-27-26-32-20-17-18-21-34(32)30-36/h17-18,20-27,30H,2-16,19,28-29H2,1H3/q+1. The lowest BCUT2D eigenvalue weighted by molar-refractivity contribution is -0.687. The number of carbonyl (C=O) groups excluding carboxylic acids is 1. The zero-order valence-electron chi connectivity index (χ0n) is 23.8. The van der Waals surface area contributed by atoms with Crippen LogP contribution < -0.4 is 4.57 Å². The molecule has 0 N–H and O–H groups in total. The van der Waals surface area contributed by atoms with E-state index in [1.54, 1.807) is 0 Å². The minimum absolute atomic E-state index is 0.212. The van der Waals surface area contributed by atoms with Gasteiger partial charge in [-0.3, -0.25) is 0 Å². The van der Waals surface area contributed by atoms with Crippen LogP contribution in [0.5, 0.6) is 0 Å². The molecule has 0 spiro atoms. The highest BCUT2D eigenvalue weighted by Crippen LogP contribution is 2.14. The molecule has 206 valence electrons. The number of benzene rings is 2. The summed E-state index contributed by atoms with van der Waals surface area (Å²) < 4.78 is 7.68. The second-order valence-corrected chi connectivity index (χ2v) is 10.9. The van der Waals surface area contributed by atoms with Crippen LogP contribution in [0.3, 0.4) is 0 Å². The molecule has 0 atom stereocenters. The van der Waals surface area contributed by atoms with E-state index in [-0.39, 0.29) is 5.97 Å². The maximum absolute atomic E-state index is 12.4. The van der Waals surface area contributed by atoms with Gasteiger partial charge in [0, 0.05) is 17.0 Å². The first-order valence-corrected chi connectivity index (χ1v) is 15.4. The zero-order chi connectivity index (χ0) is 26.7. The van der Waals surface area contributed by atoms with Crippen molar-refractivity contribution in [2.24, 2.45) is 0 Å². The monoisotopic (exact) mass is 516 g/mol. The second-order valence-electron chi connectivity index (χ2n) is 10.9. The number of carbonyl (C=O) groups is 1. The van der Waals surface area contributed by atoms with Crippen LogP contribution in [0.2, 0.25) is 0 Å². The van der Waals surface area contributed by atoms with Crippen molar-refractivity contribution in [1.82, 2.24) is 0 Å². The minimum atomic E-state index is -0.212. The lowest BCUT2D eigenvalue weighted by Crippen LogP contribution is -2.33. The normalized spacial score (nSPS) is 11.2. The number of nitrogens with zero attached hydrogens (tertiary/aromatic N) is 1. The van der Waals surface area contributed by atoms with Gasteiger partial charge in [0.2, 0.25) is 0 Å². The Morgan fingerprint density at radius 3 is 1.74 bits per heavy atom. The molecule has 0 aliphatic carbocycles. The van der Waals surface area contributed by atoms with Gasteiger partial charge >= 0.3 is 5.97 Å². The van der Waals surface area contributed by atoms with E-state index >= 15 is 0 Å². The summed E-state index contributed by atoms with van der Waals surface area (Å²) >= 11 is 0. The summed E-state index contributed by atoms with van der Waals surface area (Å²) in [5.41, 5.74) is 1.80. The summed E-state index contributed by atoms with van der Waals surface area (Å²) in [7, 11) is 0. The Labute approximate surface area is 231 Å². The van der Waals surface area contributed by atoms with Gasteiger partial charge in [0.15, 0.2) is 18.9 Å². The first kappa shape index (κ1) is 29.9. The van der Waals surface area contributed by atoms with E-state index in [4.69, 9.17) is 4.74 Å². The minimum Gasteiger partial charge on any atom is -0.462 e. The molecule has 0 radical (unpaired) electrons. The zero-order valence-corrected chi connectivity index (χ0v) is 23.8. The number of hydrogen-bond acceptors (Lipinski definition) is 2. The molecule has 0 aliphatic rings. The van der Waals surface area contributed by atoms with Gasteiger partial charge in [-0.15, -0.1) is 0 Å². The third-order valence-corrected chi connectivity index (χ3v) is 7.53. The van der Waals surface area contributed by atoms with Crippen molar-refractivity contribution in [2.45, 2.75) is 116 Å². The molecule has 3 heteroatoms. The highest BCUT2D eigenvalue weighted by Gasteiger charge is 2.09. The summed E-state index contributed by atoms with van der Waals surface area (Å²) in [4.78, 5) is 12.4. The van der Waals surface area contributed by atoms with E-state index in [2.05, 4.69) is 54.2 Å². The fraction of sp³-hybridized carbons (Fsp3) is 0.543. The molecule has 0 unspecified atom stereocenters. The molecule has 0 fully saturated rings. The van der Waals surface area contributed by atoms with Crippen LogP contribution in [0, 0.1) is 0 Å². The van der Waals surface area contributed by atoms with E-state index in [9.17, 15) is 4.79 Å². The summed E-state index contributed by atoms with van der Waals surface area (Å²) in [6.07, 6.45) is 25.8. The predicted molar refractivity (Wildman–Crippen MR) is 160 cm³/mol. The third-order valence-electron chi connectivity index (χ3n) is 7.53. The number of fused-ring (bicyclic) bond motifs is 1. The average Bonchev–Trinajstić information content (AvgIpc) is 2.95. The molecule has 3 rings (SSSR count). The Morgan fingerprint density at radius 2 is 1.16 bits per heavy atom. The van der Waals surface area contributed by atoms with Crippen LogP contribution in [-0.2, 0) is 11.3 Å². The van der Waals surface area contributed by atoms with Gasteiger partial charge in [0.25, 0.3) is 0 Å². The second kappa shape index (κ2) is 18.6. The van der Waals surface area contributed by atoms with Crippen LogP contribution in [0.15, 0.2) is 67.0 Å². The van der Waals surface area contributed by atoms with Crippen LogP contribution in [0.25, 0.3) is 10.8 Å². The van der Waals surface area contributed by atoms with Crippen LogP contribution in [0.1, 0.15) is 126 Å². The molecular weight excluding hydrogens is 466 g/mol.